The zero-order valence-electron chi connectivity index (χ0n) is 28.3. The van der Waals surface area contributed by atoms with Crippen molar-refractivity contribution in [3.63, 3.8) is 0 Å². The Morgan fingerprint density at radius 1 is 0.918 bits per heavy atom. The highest BCUT2D eigenvalue weighted by atomic mass is 35.5. The van der Waals surface area contributed by atoms with Crippen LogP contribution >= 0.6 is 22.9 Å². The zero-order chi connectivity index (χ0) is 34.0. The number of allylic oxidation sites excluding steroid dienone is 1. The van der Waals surface area contributed by atoms with Crippen molar-refractivity contribution in [2.24, 2.45) is 5.41 Å². The van der Waals surface area contributed by atoms with Crippen LogP contribution in [0.25, 0.3) is 16.6 Å². The molecule has 3 heterocycles. The van der Waals surface area contributed by atoms with E-state index in [1.165, 1.54) is 29.7 Å². The molecule has 0 unspecified atom stereocenters. The van der Waals surface area contributed by atoms with E-state index in [9.17, 15) is 4.39 Å². The standard InChI is InChI=1S/C39H44ClFN6OS/c1-39(2)17-16-34(28-8-10-30(40)11-9-28)29(24-39)25-44-19-21-45(22-20-44)38-43-32(27-49-38)26-47-36-7-4-3-6-35(36)46(37(47)42)18-5-23-48-33-14-12-31(41)13-15-33/h3-4,6-15,27,42H,5,16-26H2,1-2H3. The molecule has 2 aromatic heterocycles. The van der Waals surface area contributed by atoms with E-state index >= 15 is 0 Å². The number of ether oxygens (including phenoxy) is 1. The summed E-state index contributed by atoms with van der Waals surface area (Å²) >= 11 is 7.91. The number of anilines is 1. The van der Waals surface area contributed by atoms with E-state index < -0.39 is 0 Å². The zero-order valence-corrected chi connectivity index (χ0v) is 29.9. The SMILES string of the molecule is CC1(C)CCC(c2ccc(Cl)cc2)=C(CN2CCN(c3nc(Cn4c(=N)n(CCCOc5ccc(F)cc5)c5ccccc54)cs3)CC2)C1. The molecule has 5 aromatic rings. The number of nitrogens with zero attached hydrogens (tertiary/aromatic N) is 5. The van der Waals surface area contributed by atoms with Gasteiger partial charge in [-0.1, -0.05) is 55.3 Å². The van der Waals surface area contributed by atoms with Gasteiger partial charge in [0.2, 0.25) is 5.62 Å². The Balaban J connectivity index is 0.984. The molecule has 1 N–H and O–H groups in total. The van der Waals surface area contributed by atoms with Crippen molar-refractivity contribution in [2.75, 3.05) is 44.2 Å². The Morgan fingerprint density at radius 2 is 1.63 bits per heavy atom. The molecule has 3 aromatic carbocycles. The first-order valence-electron chi connectivity index (χ1n) is 17.2. The summed E-state index contributed by atoms with van der Waals surface area (Å²) in [6.45, 7) is 11.4. The van der Waals surface area contributed by atoms with Crippen molar-refractivity contribution in [1.82, 2.24) is 19.0 Å². The van der Waals surface area contributed by atoms with Gasteiger partial charge in [0.15, 0.2) is 5.13 Å². The maximum absolute atomic E-state index is 13.2. The third-order valence-electron chi connectivity index (χ3n) is 9.86. The van der Waals surface area contributed by atoms with Gasteiger partial charge in [-0.15, -0.1) is 11.3 Å². The number of piperazine rings is 1. The van der Waals surface area contributed by atoms with E-state index in [1.807, 2.05) is 33.4 Å². The average Bonchev–Trinajstić information content (AvgIpc) is 3.67. The van der Waals surface area contributed by atoms with Gasteiger partial charge in [0.05, 0.1) is 29.9 Å². The van der Waals surface area contributed by atoms with Crippen LogP contribution in [0.2, 0.25) is 5.02 Å². The molecular formula is C39H44ClFN6OS. The predicted molar refractivity (Wildman–Crippen MR) is 198 cm³/mol. The number of aryl methyl sites for hydroxylation is 1. The number of aromatic nitrogens is 3. The second-order valence-electron chi connectivity index (χ2n) is 14.0. The second-order valence-corrected chi connectivity index (χ2v) is 15.3. The molecule has 1 aliphatic heterocycles. The van der Waals surface area contributed by atoms with Crippen LogP contribution in [0.5, 0.6) is 5.75 Å². The topological polar surface area (TPSA) is 62.3 Å². The number of fused-ring (bicyclic) bond motifs is 1. The molecule has 256 valence electrons. The lowest BCUT2D eigenvalue weighted by Gasteiger charge is -2.39. The summed E-state index contributed by atoms with van der Waals surface area (Å²) in [5.74, 6) is 0.371. The molecule has 7 nitrogen and oxygen atoms in total. The lowest BCUT2D eigenvalue weighted by molar-refractivity contribution is 0.256. The van der Waals surface area contributed by atoms with Crippen LogP contribution < -0.4 is 15.3 Å². The fraction of sp³-hybridized carbons (Fsp3) is 0.385. The quantitative estimate of drug-likeness (QED) is 0.141. The molecule has 0 bridgehead atoms. The number of nitrogens with one attached hydrogen (secondary N) is 1. The molecule has 2 aliphatic rings. The summed E-state index contributed by atoms with van der Waals surface area (Å²) in [5.41, 5.74) is 8.20. The van der Waals surface area contributed by atoms with E-state index in [0.29, 0.717) is 36.5 Å². The first-order valence-corrected chi connectivity index (χ1v) is 18.5. The largest absolute Gasteiger partial charge is 0.494 e. The van der Waals surface area contributed by atoms with Crippen LogP contribution in [0.15, 0.2) is 83.7 Å². The molecule has 1 fully saturated rings. The van der Waals surface area contributed by atoms with Crippen molar-refractivity contribution in [2.45, 2.75) is 52.6 Å². The minimum Gasteiger partial charge on any atom is -0.494 e. The minimum atomic E-state index is -0.277. The number of rotatable bonds is 11. The molecule has 0 saturated carbocycles. The van der Waals surface area contributed by atoms with Crippen LogP contribution in [0.4, 0.5) is 9.52 Å². The fourth-order valence-electron chi connectivity index (χ4n) is 7.23. The van der Waals surface area contributed by atoms with Gasteiger partial charge in [0.1, 0.15) is 11.6 Å². The summed E-state index contributed by atoms with van der Waals surface area (Å²) < 4.78 is 23.1. The maximum atomic E-state index is 13.2. The minimum absolute atomic E-state index is 0.277. The van der Waals surface area contributed by atoms with Gasteiger partial charge in [0.25, 0.3) is 0 Å². The number of thiazole rings is 1. The highest BCUT2D eigenvalue weighted by Gasteiger charge is 2.29. The Hall–Kier alpha value is -3.92. The van der Waals surface area contributed by atoms with Crippen LogP contribution in [0.1, 0.15) is 50.8 Å². The molecule has 10 heteroatoms. The lowest BCUT2D eigenvalue weighted by atomic mass is 9.73. The van der Waals surface area contributed by atoms with Gasteiger partial charge in [0, 0.05) is 49.7 Å². The summed E-state index contributed by atoms with van der Waals surface area (Å²) in [5, 5.41) is 13.1. The molecule has 0 radical (unpaired) electrons. The molecule has 0 atom stereocenters. The summed E-state index contributed by atoms with van der Waals surface area (Å²) in [4.78, 5) is 10.1. The van der Waals surface area contributed by atoms with Gasteiger partial charge >= 0.3 is 0 Å². The van der Waals surface area contributed by atoms with Crippen molar-refractivity contribution < 1.29 is 9.13 Å². The number of para-hydroxylation sites is 2. The Bertz CT molecular complexity index is 1990. The van der Waals surface area contributed by atoms with E-state index in [0.717, 1.165) is 78.9 Å². The number of halogens is 2. The Labute approximate surface area is 296 Å². The van der Waals surface area contributed by atoms with Crippen LogP contribution in [-0.4, -0.2) is 58.3 Å². The predicted octanol–water partition coefficient (Wildman–Crippen LogP) is 8.47. The number of benzene rings is 3. The van der Waals surface area contributed by atoms with Crippen LogP contribution in [0, 0.1) is 16.6 Å². The number of hydrogen-bond donors (Lipinski definition) is 1. The first kappa shape index (κ1) is 33.6. The van der Waals surface area contributed by atoms with Crippen LogP contribution in [0.3, 0.4) is 0 Å². The molecule has 1 aliphatic carbocycles. The second kappa shape index (κ2) is 14.5. The van der Waals surface area contributed by atoms with Gasteiger partial charge in [-0.2, -0.15) is 0 Å². The van der Waals surface area contributed by atoms with Crippen molar-refractivity contribution in [1.29, 1.82) is 5.41 Å². The van der Waals surface area contributed by atoms with E-state index in [2.05, 4.69) is 53.3 Å². The van der Waals surface area contributed by atoms with Crippen molar-refractivity contribution in [3.8, 4) is 5.75 Å². The molecule has 7 rings (SSSR count). The van der Waals surface area contributed by atoms with Crippen molar-refractivity contribution in [3.05, 3.63) is 111 Å². The number of imidazole rings is 1. The summed E-state index contributed by atoms with van der Waals surface area (Å²) in [6, 6.07) is 22.7. The molecule has 1 saturated heterocycles. The van der Waals surface area contributed by atoms with Gasteiger partial charge < -0.3 is 18.8 Å². The molecule has 49 heavy (non-hydrogen) atoms. The van der Waals surface area contributed by atoms with Crippen molar-refractivity contribution >= 4 is 44.7 Å². The van der Waals surface area contributed by atoms with Gasteiger partial charge in [-0.25, -0.2) is 9.37 Å². The maximum Gasteiger partial charge on any atom is 0.203 e. The van der Waals surface area contributed by atoms with Crippen LogP contribution in [-0.2, 0) is 13.1 Å². The molecule has 0 amide bonds. The van der Waals surface area contributed by atoms with Gasteiger partial charge in [-0.05, 0) is 90.8 Å². The Morgan fingerprint density at radius 3 is 2.37 bits per heavy atom. The summed E-state index contributed by atoms with van der Waals surface area (Å²) in [7, 11) is 0. The fourth-order valence-corrected chi connectivity index (χ4v) is 8.23. The van der Waals surface area contributed by atoms with E-state index in [1.54, 1.807) is 29.0 Å². The monoisotopic (exact) mass is 698 g/mol. The lowest BCUT2D eigenvalue weighted by Crippen LogP contribution is -2.47. The van der Waals surface area contributed by atoms with Gasteiger partial charge in [-0.3, -0.25) is 10.3 Å². The molecular weight excluding hydrogens is 655 g/mol. The highest BCUT2D eigenvalue weighted by molar-refractivity contribution is 7.13. The average molecular weight is 699 g/mol. The smallest absolute Gasteiger partial charge is 0.203 e. The Kier molecular flexibility index (Phi) is 9.94. The number of hydrogen-bond acceptors (Lipinski definition) is 6. The third-order valence-corrected chi connectivity index (χ3v) is 11.1. The normalized spacial score (nSPS) is 16.9. The van der Waals surface area contributed by atoms with E-state index in [4.69, 9.17) is 26.7 Å². The molecule has 0 spiro atoms. The third kappa shape index (κ3) is 7.79. The highest BCUT2D eigenvalue weighted by Crippen LogP contribution is 2.43. The summed E-state index contributed by atoms with van der Waals surface area (Å²) in [6.07, 6.45) is 4.19. The van der Waals surface area contributed by atoms with E-state index in [-0.39, 0.29) is 5.82 Å². The first-order chi connectivity index (χ1) is 23.7.